The molecule has 0 fully saturated rings. The lowest BCUT2D eigenvalue weighted by Crippen LogP contribution is -2.22. The molecule has 0 saturated carbocycles. The molecule has 0 radical (unpaired) electrons. The zero-order chi connectivity index (χ0) is 14.1. The highest BCUT2D eigenvalue weighted by Crippen LogP contribution is 2.21. The van der Waals surface area contributed by atoms with Crippen LogP contribution in [0.5, 0.6) is 0 Å². The maximum Gasteiger partial charge on any atom is 0.266 e. The smallest absolute Gasteiger partial charge is 0.266 e. The first-order valence-electron chi connectivity index (χ1n) is 6.40. The molecule has 102 valence electrons. The largest absolute Gasteiger partial charge is 0.351 e. The van der Waals surface area contributed by atoms with Crippen LogP contribution in [0.3, 0.4) is 0 Å². The van der Waals surface area contributed by atoms with Gasteiger partial charge in [0.15, 0.2) is 0 Å². The zero-order valence-electron chi connectivity index (χ0n) is 10.9. The quantitative estimate of drug-likeness (QED) is 0.802. The Labute approximate surface area is 118 Å². The number of amides is 1. The lowest BCUT2D eigenvalue weighted by Gasteiger charge is -1.98. The molecule has 0 atom stereocenters. The number of hydrogen-bond acceptors (Lipinski definition) is 4. The summed E-state index contributed by atoms with van der Waals surface area (Å²) < 4.78 is 1.49. The van der Waals surface area contributed by atoms with Gasteiger partial charge in [0, 0.05) is 12.7 Å². The fraction of sp³-hybridized carbons (Fsp3) is 0.214. The van der Waals surface area contributed by atoms with Crippen molar-refractivity contribution < 1.29 is 4.79 Å². The highest BCUT2D eigenvalue weighted by molar-refractivity contribution is 7.20. The van der Waals surface area contributed by atoms with Crippen LogP contribution in [-0.4, -0.2) is 21.8 Å². The van der Waals surface area contributed by atoms with Gasteiger partial charge in [-0.25, -0.2) is 4.98 Å². The van der Waals surface area contributed by atoms with E-state index in [0.717, 1.165) is 6.42 Å². The maximum absolute atomic E-state index is 12.3. The van der Waals surface area contributed by atoms with E-state index in [2.05, 4.69) is 10.3 Å². The number of rotatable bonds is 3. The van der Waals surface area contributed by atoms with E-state index >= 15 is 0 Å². The van der Waals surface area contributed by atoms with E-state index in [1.54, 1.807) is 24.4 Å². The number of thiophene rings is 1. The molecule has 1 amide bonds. The minimum Gasteiger partial charge on any atom is -0.351 e. The molecule has 0 aliphatic heterocycles. The normalized spacial score (nSPS) is 11.1. The molecule has 1 N–H and O–H groups in total. The Morgan fingerprint density at radius 3 is 3.10 bits per heavy atom. The molecule has 5 nitrogen and oxygen atoms in total. The Balaban J connectivity index is 2.16. The molecule has 0 aliphatic carbocycles. The molecule has 0 saturated heterocycles. The van der Waals surface area contributed by atoms with Gasteiger partial charge in [-0.05, 0) is 24.6 Å². The Morgan fingerprint density at radius 1 is 1.45 bits per heavy atom. The second-order valence-electron chi connectivity index (χ2n) is 4.43. The highest BCUT2D eigenvalue weighted by atomic mass is 32.1. The maximum atomic E-state index is 12.3. The summed E-state index contributed by atoms with van der Waals surface area (Å²) in [6, 6.07) is 7.01. The van der Waals surface area contributed by atoms with Crippen LogP contribution in [0.15, 0.2) is 35.3 Å². The first-order valence-corrected chi connectivity index (χ1v) is 7.21. The van der Waals surface area contributed by atoms with Crippen LogP contribution in [0.1, 0.15) is 23.0 Å². The SMILES string of the molecule is CCCNC(=O)c1cc2c(=O)n3ccccc3nc2s1. The number of carbonyl (C=O) groups is 1. The van der Waals surface area contributed by atoms with Gasteiger partial charge < -0.3 is 5.32 Å². The Hall–Kier alpha value is -2.21. The van der Waals surface area contributed by atoms with Gasteiger partial charge in [-0.1, -0.05) is 13.0 Å². The van der Waals surface area contributed by atoms with E-state index in [1.165, 1.54) is 15.7 Å². The summed E-state index contributed by atoms with van der Waals surface area (Å²) in [7, 11) is 0. The predicted molar refractivity (Wildman–Crippen MR) is 79.5 cm³/mol. The number of hydrogen-bond donors (Lipinski definition) is 1. The van der Waals surface area contributed by atoms with Crippen LogP contribution in [0.25, 0.3) is 15.9 Å². The number of fused-ring (bicyclic) bond motifs is 2. The zero-order valence-corrected chi connectivity index (χ0v) is 11.7. The number of nitrogens with zero attached hydrogens (tertiary/aromatic N) is 2. The van der Waals surface area contributed by atoms with Gasteiger partial charge in [0.2, 0.25) is 0 Å². The molecule has 20 heavy (non-hydrogen) atoms. The van der Waals surface area contributed by atoms with Crippen molar-refractivity contribution in [2.45, 2.75) is 13.3 Å². The van der Waals surface area contributed by atoms with E-state index in [9.17, 15) is 9.59 Å². The third-order valence-electron chi connectivity index (χ3n) is 2.98. The summed E-state index contributed by atoms with van der Waals surface area (Å²) in [6.07, 6.45) is 2.56. The number of nitrogens with one attached hydrogen (secondary N) is 1. The summed E-state index contributed by atoms with van der Waals surface area (Å²) in [5, 5.41) is 3.29. The van der Waals surface area contributed by atoms with Gasteiger partial charge in [-0.3, -0.25) is 14.0 Å². The molecule has 0 bridgehead atoms. The minimum absolute atomic E-state index is 0.142. The number of carbonyl (C=O) groups excluding carboxylic acids is 1. The lowest BCUT2D eigenvalue weighted by molar-refractivity contribution is 0.0958. The second-order valence-corrected chi connectivity index (χ2v) is 5.46. The lowest BCUT2D eigenvalue weighted by atomic mass is 10.3. The van der Waals surface area contributed by atoms with Crippen molar-refractivity contribution in [2.24, 2.45) is 0 Å². The fourth-order valence-electron chi connectivity index (χ4n) is 1.99. The Bertz CT molecular complexity index is 850. The summed E-state index contributed by atoms with van der Waals surface area (Å²) in [5.74, 6) is -0.150. The molecular formula is C14H13N3O2S. The molecule has 3 aromatic heterocycles. The van der Waals surface area contributed by atoms with Crippen molar-refractivity contribution in [1.29, 1.82) is 0 Å². The van der Waals surface area contributed by atoms with Crippen LogP contribution in [0, 0.1) is 0 Å². The van der Waals surface area contributed by atoms with Crippen LogP contribution in [0.2, 0.25) is 0 Å². The highest BCUT2D eigenvalue weighted by Gasteiger charge is 2.14. The van der Waals surface area contributed by atoms with E-state index in [4.69, 9.17) is 0 Å². The molecule has 6 heteroatoms. The van der Waals surface area contributed by atoms with Crippen molar-refractivity contribution in [3.05, 3.63) is 45.7 Å². The number of pyridine rings is 1. The summed E-state index contributed by atoms with van der Waals surface area (Å²) in [4.78, 5) is 29.8. The monoisotopic (exact) mass is 287 g/mol. The first-order chi connectivity index (χ1) is 9.70. The minimum atomic E-state index is -0.150. The second kappa shape index (κ2) is 5.05. The fourth-order valence-corrected chi connectivity index (χ4v) is 2.93. The van der Waals surface area contributed by atoms with Gasteiger partial charge in [-0.2, -0.15) is 0 Å². The van der Waals surface area contributed by atoms with Gasteiger partial charge in [0.25, 0.3) is 11.5 Å². The average molecular weight is 287 g/mol. The van der Waals surface area contributed by atoms with Crippen molar-refractivity contribution in [3.63, 3.8) is 0 Å². The molecular weight excluding hydrogens is 274 g/mol. The summed E-state index contributed by atoms with van der Waals surface area (Å²) >= 11 is 1.25. The van der Waals surface area contributed by atoms with Crippen molar-refractivity contribution in [3.8, 4) is 0 Å². The van der Waals surface area contributed by atoms with E-state index < -0.39 is 0 Å². The molecule has 0 unspecified atom stereocenters. The first kappa shape index (κ1) is 12.8. The topological polar surface area (TPSA) is 63.5 Å². The molecule has 0 aliphatic rings. The number of aromatic nitrogens is 2. The predicted octanol–water partition coefficient (Wildman–Crippen LogP) is 2.05. The molecule has 3 heterocycles. The van der Waals surface area contributed by atoms with Crippen LogP contribution >= 0.6 is 11.3 Å². The van der Waals surface area contributed by atoms with Crippen molar-refractivity contribution in [2.75, 3.05) is 6.54 Å². The van der Waals surface area contributed by atoms with Gasteiger partial charge in [0.1, 0.15) is 10.5 Å². The third-order valence-corrected chi connectivity index (χ3v) is 4.00. The summed E-state index contributed by atoms with van der Waals surface area (Å²) in [5.41, 5.74) is 0.448. The molecule has 3 rings (SSSR count). The van der Waals surface area contributed by atoms with Crippen molar-refractivity contribution in [1.82, 2.24) is 14.7 Å². The van der Waals surface area contributed by atoms with Crippen LogP contribution < -0.4 is 10.9 Å². The molecule has 0 spiro atoms. The third kappa shape index (κ3) is 2.08. The van der Waals surface area contributed by atoms with Crippen LogP contribution in [-0.2, 0) is 0 Å². The Kier molecular flexibility index (Phi) is 3.23. The van der Waals surface area contributed by atoms with Gasteiger partial charge in [0.05, 0.1) is 10.3 Å². The summed E-state index contributed by atoms with van der Waals surface area (Å²) in [6.45, 7) is 2.62. The van der Waals surface area contributed by atoms with Gasteiger partial charge >= 0.3 is 0 Å². The molecule has 0 aromatic carbocycles. The standard InChI is InChI=1S/C14H13N3O2S/c1-2-6-15-12(18)10-8-9-13(20-10)16-11-5-3-4-7-17(11)14(9)19/h3-5,7-8H,2,6H2,1H3,(H,15,18). The average Bonchev–Trinajstić information content (AvgIpc) is 2.89. The van der Waals surface area contributed by atoms with Crippen molar-refractivity contribution >= 4 is 33.1 Å². The van der Waals surface area contributed by atoms with E-state index in [-0.39, 0.29) is 11.5 Å². The van der Waals surface area contributed by atoms with Crippen LogP contribution in [0.4, 0.5) is 0 Å². The Morgan fingerprint density at radius 2 is 2.30 bits per heavy atom. The van der Waals surface area contributed by atoms with E-state index in [0.29, 0.717) is 27.3 Å². The van der Waals surface area contributed by atoms with E-state index in [1.807, 2.05) is 13.0 Å². The molecule has 3 aromatic rings. The van der Waals surface area contributed by atoms with Gasteiger partial charge in [-0.15, -0.1) is 11.3 Å².